The smallest absolute Gasteiger partial charge is 0.394 e. The van der Waals surface area contributed by atoms with Crippen molar-refractivity contribution in [3.8, 4) is 5.75 Å². The van der Waals surface area contributed by atoms with Gasteiger partial charge in [0.25, 0.3) is 0 Å². The number of carbonyl (C=O) groups is 1. The monoisotopic (exact) mass is 473 g/mol. The number of piperidine rings is 2. The van der Waals surface area contributed by atoms with E-state index in [2.05, 4.69) is 9.89 Å². The first-order chi connectivity index (χ1) is 15.0. The lowest BCUT2D eigenvalue weighted by Gasteiger charge is -2.30. The minimum atomic E-state index is -3.73. The molecule has 1 aromatic rings. The average Bonchev–Trinajstić information content (AvgIpc) is 2.74. The molecule has 0 aliphatic carbocycles. The normalized spacial score (nSPS) is 19.0. The quantitative estimate of drug-likeness (QED) is 0.568. The van der Waals surface area contributed by atoms with Gasteiger partial charge in [0.1, 0.15) is 12.4 Å². The summed E-state index contributed by atoms with van der Waals surface area (Å²) in [5, 5.41) is 4.19. The van der Waals surface area contributed by atoms with Crippen LogP contribution in [-0.4, -0.2) is 68.1 Å². The van der Waals surface area contributed by atoms with Crippen molar-refractivity contribution in [1.82, 2.24) is 9.21 Å². The fourth-order valence-corrected chi connectivity index (χ4v) is 5.20. The molecule has 32 heavy (non-hydrogen) atoms. The number of hydrogen-bond acceptors (Lipinski definition) is 6. The molecule has 8 nitrogen and oxygen atoms in total. The molecule has 0 unspecified atom stereocenters. The Kier molecular flexibility index (Phi) is 7.71. The number of rotatable bonds is 7. The molecule has 0 spiro atoms. The van der Waals surface area contributed by atoms with Gasteiger partial charge in [0.15, 0.2) is 0 Å². The number of carbonyl (C=O) groups excluding carboxylic acids is 1. The van der Waals surface area contributed by atoms with Crippen LogP contribution in [0.1, 0.15) is 39.5 Å². The van der Waals surface area contributed by atoms with Gasteiger partial charge in [-0.3, -0.25) is 4.79 Å². The molecule has 0 saturated carbocycles. The number of alkyl halides is 2. The van der Waals surface area contributed by atoms with E-state index in [4.69, 9.17) is 4.84 Å². The predicted molar refractivity (Wildman–Crippen MR) is 114 cm³/mol. The van der Waals surface area contributed by atoms with Crippen LogP contribution in [-0.2, 0) is 19.7 Å². The molecule has 178 valence electrons. The fraction of sp³-hybridized carbons (Fsp3) is 0.619. The highest BCUT2D eigenvalue weighted by atomic mass is 32.2. The highest BCUT2D eigenvalue weighted by molar-refractivity contribution is 7.89. The molecule has 0 bridgehead atoms. The van der Waals surface area contributed by atoms with Gasteiger partial charge < -0.3 is 14.5 Å². The van der Waals surface area contributed by atoms with Gasteiger partial charge in [-0.25, -0.2) is 8.42 Å². The van der Waals surface area contributed by atoms with Crippen molar-refractivity contribution in [3.63, 3.8) is 0 Å². The minimum Gasteiger partial charge on any atom is -0.433 e. The first-order valence-electron chi connectivity index (χ1n) is 10.6. The standard InChI is InChI=1S/C21H29F2N3O5S/c1-16(27)25-11-7-17(8-12-25)15-30-24-18-9-13-26(14-10-18)32(28,29)20-5-3-19(4-6-20)31-21(2,22)23/h3-6,17H,7-15H2,1-2H3. The van der Waals surface area contributed by atoms with E-state index in [0.717, 1.165) is 31.6 Å². The summed E-state index contributed by atoms with van der Waals surface area (Å²) in [7, 11) is -3.73. The molecule has 3 rings (SSSR count). The molecule has 2 heterocycles. The highest BCUT2D eigenvalue weighted by Gasteiger charge is 2.29. The first kappa shape index (κ1) is 24.4. The van der Waals surface area contributed by atoms with Crippen molar-refractivity contribution in [1.29, 1.82) is 0 Å². The lowest BCUT2D eigenvalue weighted by atomic mass is 9.98. The average molecular weight is 474 g/mol. The second-order valence-corrected chi connectivity index (χ2v) is 10.1. The van der Waals surface area contributed by atoms with E-state index in [1.165, 1.54) is 28.6 Å². The summed E-state index contributed by atoms with van der Waals surface area (Å²) in [6, 6.07) is 4.97. The second-order valence-electron chi connectivity index (χ2n) is 8.19. The van der Waals surface area contributed by atoms with Crippen LogP contribution in [0.25, 0.3) is 0 Å². The topological polar surface area (TPSA) is 88.5 Å². The van der Waals surface area contributed by atoms with Crippen LogP contribution in [0.3, 0.4) is 0 Å². The summed E-state index contributed by atoms with van der Waals surface area (Å²) >= 11 is 0. The van der Waals surface area contributed by atoms with Crippen LogP contribution in [0, 0.1) is 5.92 Å². The number of amides is 1. The number of oxime groups is 1. The minimum absolute atomic E-state index is 0.0258. The van der Waals surface area contributed by atoms with Crippen molar-refractivity contribution >= 4 is 21.6 Å². The predicted octanol–water partition coefficient (Wildman–Crippen LogP) is 3.09. The molecular formula is C21H29F2N3O5S. The maximum atomic E-state index is 12.9. The van der Waals surface area contributed by atoms with Gasteiger partial charge in [-0.1, -0.05) is 5.16 Å². The van der Waals surface area contributed by atoms with E-state index < -0.39 is 16.1 Å². The Balaban J connectivity index is 1.46. The van der Waals surface area contributed by atoms with Gasteiger partial charge in [-0.15, -0.1) is 0 Å². The Labute approximate surface area is 187 Å². The number of sulfonamides is 1. The van der Waals surface area contributed by atoms with Gasteiger partial charge in [0.2, 0.25) is 15.9 Å². The Bertz CT molecular complexity index is 914. The molecular weight excluding hydrogens is 444 g/mol. The molecule has 11 heteroatoms. The Hall–Kier alpha value is -2.27. The van der Waals surface area contributed by atoms with E-state index in [1.54, 1.807) is 6.92 Å². The molecule has 1 amide bonds. The summed E-state index contributed by atoms with van der Waals surface area (Å²) < 4.78 is 57.3. The van der Waals surface area contributed by atoms with E-state index in [1.807, 2.05) is 4.90 Å². The second kappa shape index (κ2) is 10.1. The maximum Gasteiger partial charge on any atom is 0.394 e. The van der Waals surface area contributed by atoms with Gasteiger partial charge in [0, 0.05) is 52.9 Å². The largest absolute Gasteiger partial charge is 0.433 e. The molecule has 2 aliphatic heterocycles. The Morgan fingerprint density at radius 3 is 2.25 bits per heavy atom. The van der Waals surface area contributed by atoms with Crippen molar-refractivity contribution in [2.24, 2.45) is 11.1 Å². The van der Waals surface area contributed by atoms with Crippen LogP contribution >= 0.6 is 0 Å². The van der Waals surface area contributed by atoms with Crippen LogP contribution in [0.2, 0.25) is 0 Å². The molecule has 2 aliphatic rings. The third kappa shape index (κ3) is 6.61. The molecule has 0 aromatic heterocycles. The molecule has 1 aromatic carbocycles. The summed E-state index contributed by atoms with van der Waals surface area (Å²) in [5.41, 5.74) is 0.812. The summed E-state index contributed by atoms with van der Waals surface area (Å²) in [6.45, 7) is 4.70. The Morgan fingerprint density at radius 2 is 1.72 bits per heavy atom. The molecule has 0 radical (unpaired) electrons. The van der Waals surface area contributed by atoms with Crippen LogP contribution in [0.15, 0.2) is 34.3 Å². The number of ether oxygens (including phenoxy) is 1. The zero-order valence-electron chi connectivity index (χ0n) is 18.3. The number of halogens is 2. The maximum absolute atomic E-state index is 12.9. The van der Waals surface area contributed by atoms with Gasteiger partial charge >= 0.3 is 6.11 Å². The summed E-state index contributed by atoms with van der Waals surface area (Å²) in [4.78, 5) is 18.7. The lowest BCUT2D eigenvalue weighted by molar-refractivity contribution is -0.159. The van der Waals surface area contributed by atoms with E-state index >= 15 is 0 Å². The fourth-order valence-electron chi connectivity index (χ4n) is 3.76. The molecule has 2 saturated heterocycles. The van der Waals surface area contributed by atoms with E-state index in [9.17, 15) is 22.0 Å². The Morgan fingerprint density at radius 1 is 1.12 bits per heavy atom. The zero-order chi connectivity index (χ0) is 23.4. The number of hydrogen-bond donors (Lipinski definition) is 0. The van der Waals surface area contributed by atoms with Crippen molar-refractivity contribution in [2.75, 3.05) is 32.8 Å². The van der Waals surface area contributed by atoms with Gasteiger partial charge in [-0.2, -0.15) is 13.1 Å². The molecule has 0 atom stereocenters. The highest BCUT2D eigenvalue weighted by Crippen LogP contribution is 2.25. The third-order valence-corrected chi connectivity index (χ3v) is 7.53. The summed E-state index contributed by atoms with van der Waals surface area (Å²) in [6.07, 6.45) is -0.639. The van der Waals surface area contributed by atoms with Crippen LogP contribution in [0.4, 0.5) is 8.78 Å². The molecule has 2 fully saturated rings. The van der Waals surface area contributed by atoms with Crippen molar-refractivity contribution < 1.29 is 31.6 Å². The van der Waals surface area contributed by atoms with Gasteiger partial charge in [0.05, 0.1) is 10.6 Å². The SMILES string of the molecule is CC(=O)N1CCC(CON=C2CCN(S(=O)(=O)c3ccc(OC(C)(F)F)cc3)CC2)CC1. The lowest BCUT2D eigenvalue weighted by Crippen LogP contribution is -2.39. The third-order valence-electron chi connectivity index (χ3n) is 5.62. The van der Waals surface area contributed by atoms with Gasteiger partial charge in [-0.05, 0) is 43.0 Å². The first-order valence-corrected chi connectivity index (χ1v) is 12.1. The van der Waals surface area contributed by atoms with Crippen LogP contribution < -0.4 is 4.74 Å². The van der Waals surface area contributed by atoms with E-state index in [-0.39, 0.29) is 29.6 Å². The van der Waals surface area contributed by atoms with Crippen LogP contribution in [0.5, 0.6) is 5.75 Å². The summed E-state index contributed by atoms with van der Waals surface area (Å²) in [5.74, 6) is 0.349. The van der Waals surface area contributed by atoms with Crippen molar-refractivity contribution in [3.05, 3.63) is 24.3 Å². The number of likely N-dealkylation sites (tertiary alicyclic amines) is 1. The number of benzene rings is 1. The molecule has 0 N–H and O–H groups in total. The zero-order valence-corrected chi connectivity index (χ0v) is 19.1. The van der Waals surface area contributed by atoms with Crippen molar-refractivity contribution in [2.45, 2.75) is 50.5 Å². The van der Waals surface area contributed by atoms with E-state index in [0.29, 0.717) is 32.3 Å². The number of nitrogens with zero attached hydrogens (tertiary/aromatic N) is 3.